The molecule has 5 heavy (non-hydrogen) atoms. The Labute approximate surface area is 32.0 Å². The maximum absolute atomic E-state index is 9.77. The first-order valence-corrected chi connectivity index (χ1v) is 3.44. The minimum Gasteiger partial charge on any atom is -0.263 e. The highest BCUT2D eigenvalue weighted by Crippen LogP contribution is 1.59. The third kappa shape index (κ3) is 3560. The molecule has 0 aliphatic heterocycles. The summed E-state index contributed by atoms with van der Waals surface area (Å²) >= 11 is 0. The smallest absolute Gasteiger partial charge is 0.0130 e. The van der Waals surface area contributed by atoms with Gasteiger partial charge in [0.25, 0.3) is 0 Å². The lowest BCUT2D eigenvalue weighted by atomic mass is 12.0. The first-order valence-electron chi connectivity index (χ1n) is 1.15. The fourth-order valence-corrected chi connectivity index (χ4v) is 0. The van der Waals surface area contributed by atoms with Crippen molar-refractivity contribution in [1.29, 1.82) is 0 Å². The molecule has 0 aromatic heterocycles. The van der Waals surface area contributed by atoms with Crippen LogP contribution in [0.1, 0.15) is 0 Å². The van der Waals surface area contributed by atoms with Gasteiger partial charge in [-0.05, 0) is 10.3 Å². The van der Waals surface area contributed by atoms with Gasteiger partial charge >= 0.3 is 0 Å². The number of hydrogen-bond donors (Lipinski definition) is 3. The molecule has 3 nitrogen and oxygen atoms in total. The Morgan fingerprint density at radius 2 is 1.60 bits per heavy atom. The van der Waals surface area contributed by atoms with E-state index in [1.165, 1.54) is 6.26 Å². The molecule has 0 rings (SSSR count). The molecule has 4 heteroatoms. The Balaban J connectivity index is 3.47. The van der Waals surface area contributed by atoms with E-state index in [4.69, 9.17) is 0 Å². The summed E-state index contributed by atoms with van der Waals surface area (Å²) in [6.45, 7) is 0. The summed E-state index contributed by atoms with van der Waals surface area (Å²) < 4.78 is 9.77. The predicted molar refractivity (Wildman–Crippen MR) is 23.8 cm³/mol. The van der Waals surface area contributed by atoms with Crippen molar-refractivity contribution in [3.05, 3.63) is 0 Å². The number of hydrogen-bond acceptors (Lipinski definition) is 1. The van der Waals surface area contributed by atoms with E-state index in [-0.39, 0.29) is 0 Å². The van der Waals surface area contributed by atoms with Crippen LogP contribution in [0.3, 0.4) is 0 Å². The van der Waals surface area contributed by atoms with Crippen LogP contribution in [0.5, 0.6) is 0 Å². The molecule has 4 N–H and O–H groups in total. The number of thiol groups is 1. The molecule has 0 spiro atoms. The molecule has 0 saturated carbocycles. The van der Waals surface area contributed by atoms with E-state index in [1.807, 2.05) is 0 Å². The van der Waals surface area contributed by atoms with Gasteiger partial charge in [0.2, 0.25) is 0 Å². The SMILES string of the molecule is C[SH](N)(N)=O. The summed E-state index contributed by atoms with van der Waals surface area (Å²) in [6.07, 6.45) is 1.30. The minimum absolute atomic E-state index is 1.30. The first kappa shape index (κ1) is 5.07. The van der Waals surface area contributed by atoms with Gasteiger partial charge in [0.1, 0.15) is 0 Å². The topological polar surface area (TPSA) is 69.1 Å². The summed E-state index contributed by atoms with van der Waals surface area (Å²) in [5, 5.41) is 9.38. The quantitative estimate of drug-likeness (QED) is 0.312. The van der Waals surface area contributed by atoms with Gasteiger partial charge in [-0.15, -0.1) is 0 Å². The summed E-state index contributed by atoms with van der Waals surface area (Å²) in [7, 11) is -2.64. The normalized spacial score (nSPS) is 15.0. The average Bonchev–Trinajstić information content (AvgIpc) is 0.722. The van der Waals surface area contributed by atoms with Crippen LogP contribution < -0.4 is 10.3 Å². The lowest BCUT2D eigenvalue weighted by molar-refractivity contribution is 0.677. The van der Waals surface area contributed by atoms with Crippen LogP contribution >= 0.6 is 0 Å². The lowest BCUT2D eigenvalue weighted by Gasteiger charge is -1.98. The molecule has 0 saturated heterocycles. The molecular formula is CH8N2OS. The second-order valence-electron chi connectivity index (χ2n) is 1.06. The number of rotatable bonds is 0. The molecule has 34 valence electrons. The van der Waals surface area contributed by atoms with Gasteiger partial charge in [-0.3, -0.25) is 14.5 Å². The Morgan fingerprint density at radius 3 is 1.60 bits per heavy atom. The first-order chi connectivity index (χ1) is 2.00. The van der Waals surface area contributed by atoms with E-state index in [0.29, 0.717) is 0 Å². The van der Waals surface area contributed by atoms with Crippen molar-refractivity contribution in [3.63, 3.8) is 0 Å². The van der Waals surface area contributed by atoms with Gasteiger partial charge in [0.05, 0.1) is 0 Å². The van der Waals surface area contributed by atoms with Crippen LogP contribution in [0, 0.1) is 0 Å². The van der Waals surface area contributed by atoms with Gasteiger partial charge in [0, 0.05) is 6.26 Å². The highest BCUT2D eigenvalue weighted by Gasteiger charge is 1.78. The standard InChI is InChI=1S/CH8N2OS/c1-5(2,3)4/h5H,1H3,(H4,2,3,4). The van der Waals surface area contributed by atoms with E-state index >= 15 is 0 Å². The Bertz CT molecular complexity index is 55.8. The predicted octanol–water partition coefficient (Wildman–Crippen LogP) is -1.62. The summed E-state index contributed by atoms with van der Waals surface area (Å²) in [6, 6.07) is 0. The van der Waals surface area contributed by atoms with Crippen molar-refractivity contribution < 1.29 is 4.21 Å². The molecule has 0 aromatic rings. The minimum atomic E-state index is -2.64. The van der Waals surface area contributed by atoms with E-state index in [1.54, 1.807) is 0 Å². The molecule has 0 aromatic carbocycles. The van der Waals surface area contributed by atoms with Crippen molar-refractivity contribution in [2.45, 2.75) is 0 Å². The summed E-state index contributed by atoms with van der Waals surface area (Å²) in [5.74, 6) is 0. The maximum Gasteiger partial charge on any atom is 0.0130 e. The Hall–Kier alpha value is 0.0700. The summed E-state index contributed by atoms with van der Waals surface area (Å²) in [4.78, 5) is 0. The van der Waals surface area contributed by atoms with Gasteiger partial charge in [0.15, 0.2) is 0 Å². The zero-order chi connectivity index (χ0) is 4.50. The van der Waals surface area contributed by atoms with Crippen LogP contribution in [0.4, 0.5) is 0 Å². The molecule has 0 bridgehead atoms. The molecule has 0 fully saturated rings. The van der Waals surface area contributed by atoms with Gasteiger partial charge < -0.3 is 0 Å². The second kappa shape index (κ2) is 1.04. The van der Waals surface area contributed by atoms with E-state index in [0.717, 1.165) is 0 Å². The van der Waals surface area contributed by atoms with Crippen LogP contribution in [-0.4, -0.2) is 10.5 Å². The highest BCUT2D eigenvalue weighted by molar-refractivity contribution is 7.98. The molecular weight excluding hydrogens is 88.1 g/mol. The molecule has 0 atom stereocenters. The average molecular weight is 96.2 g/mol. The third-order valence-corrected chi connectivity index (χ3v) is 0. The van der Waals surface area contributed by atoms with Gasteiger partial charge in [-0.2, -0.15) is 0 Å². The zero-order valence-corrected chi connectivity index (χ0v) is 3.90. The molecule has 0 radical (unpaired) electrons. The maximum atomic E-state index is 9.77. The lowest BCUT2D eigenvalue weighted by Crippen LogP contribution is -2.30. The van der Waals surface area contributed by atoms with Crippen molar-refractivity contribution in [2.24, 2.45) is 10.3 Å². The fourth-order valence-electron chi connectivity index (χ4n) is 0. The van der Waals surface area contributed by atoms with Gasteiger partial charge in [-0.25, -0.2) is 0 Å². The molecule has 0 heterocycles. The largest absolute Gasteiger partial charge is 0.263 e. The van der Waals surface area contributed by atoms with E-state index in [2.05, 4.69) is 10.3 Å². The van der Waals surface area contributed by atoms with Crippen LogP contribution in [0.25, 0.3) is 0 Å². The van der Waals surface area contributed by atoms with Crippen LogP contribution in [-0.2, 0) is 10.3 Å². The van der Waals surface area contributed by atoms with Crippen molar-refractivity contribution in [2.75, 3.05) is 6.26 Å². The number of nitrogens with two attached hydrogens (primary N) is 2. The van der Waals surface area contributed by atoms with Crippen molar-refractivity contribution >= 4 is 10.3 Å². The van der Waals surface area contributed by atoms with E-state index < -0.39 is 10.3 Å². The monoisotopic (exact) mass is 96.0 g/mol. The van der Waals surface area contributed by atoms with Crippen molar-refractivity contribution in [1.82, 2.24) is 0 Å². The molecule has 0 unspecified atom stereocenters. The van der Waals surface area contributed by atoms with Crippen LogP contribution in [0.15, 0.2) is 0 Å². The molecule has 0 amide bonds. The summed E-state index contributed by atoms with van der Waals surface area (Å²) in [5.41, 5.74) is 0. The Morgan fingerprint density at radius 1 is 1.60 bits per heavy atom. The highest BCUT2D eigenvalue weighted by atomic mass is 32.3. The molecule has 0 aliphatic rings. The van der Waals surface area contributed by atoms with Gasteiger partial charge in [-0.1, -0.05) is 0 Å². The second-order valence-corrected chi connectivity index (χ2v) is 3.18. The van der Waals surface area contributed by atoms with Crippen molar-refractivity contribution in [3.8, 4) is 0 Å². The fraction of sp³-hybridized carbons (Fsp3) is 1.00. The van der Waals surface area contributed by atoms with Crippen LogP contribution in [0.2, 0.25) is 0 Å². The Kier molecular flexibility index (Phi) is 1.06. The molecule has 0 aliphatic carbocycles. The third-order valence-electron chi connectivity index (χ3n) is 0. The van der Waals surface area contributed by atoms with E-state index in [9.17, 15) is 4.21 Å². The zero-order valence-electron chi connectivity index (χ0n) is 3.01.